The molecule has 5 heteroatoms. The van der Waals surface area contributed by atoms with E-state index in [9.17, 15) is 9.18 Å². The summed E-state index contributed by atoms with van der Waals surface area (Å²) in [7, 11) is 0. The minimum Gasteiger partial charge on any atom is -0.322 e. The maximum atomic E-state index is 12.9. The van der Waals surface area contributed by atoms with E-state index in [2.05, 4.69) is 10.3 Å². The average Bonchev–Trinajstić information content (AvgIpc) is 2.33. The van der Waals surface area contributed by atoms with Crippen LogP contribution in [-0.2, 0) is 0 Å². The molecule has 1 aromatic carbocycles. The molecule has 0 atom stereocenters. The Morgan fingerprint density at radius 2 is 2.11 bits per heavy atom. The van der Waals surface area contributed by atoms with Gasteiger partial charge in [0, 0.05) is 11.9 Å². The van der Waals surface area contributed by atoms with E-state index in [4.69, 9.17) is 11.6 Å². The van der Waals surface area contributed by atoms with Gasteiger partial charge in [0.25, 0.3) is 5.91 Å². The van der Waals surface area contributed by atoms with Crippen LogP contribution < -0.4 is 5.32 Å². The molecule has 0 saturated heterocycles. The van der Waals surface area contributed by atoms with Crippen molar-refractivity contribution in [3.05, 3.63) is 58.6 Å². The molecule has 2 aromatic rings. The normalized spacial score (nSPS) is 10.2. The van der Waals surface area contributed by atoms with E-state index in [0.29, 0.717) is 22.0 Å². The molecular formula is C13H10ClFN2O. The standard InChI is InChI=1S/C13H10ClFN2O/c1-8-6-10(15)3-4-11(8)17-13(18)9-2-5-12(14)16-7-9/h2-7H,1H3,(H,17,18). The number of carbonyl (C=O) groups is 1. The van der Waals surface area contributed by atoms with E-state index in [-0.39, 0.29) is 11.7 Å². The summed E-state index contributed by atoms with van der Waals surface area (Å²) in [4.78, 5) is 15.7. The molecule has 0 spiro atoms. The van der Waals surface area contributed by atoms with Gasteiger partial charge in [0.2, 0.25) is 0 Å². The van der Waals surface area contributed by atoms with Crippen molar-refractivity contribution in [1.82, 2.24) is 4.98 Å². The second-order valence-corrected chi connectivity index (χ2v) is 4.17. The summed E-state index contributed by atoms with van der Waals surface area (Å²) in [6.07, 6.45) is 1.39. The van der Waals surface area contributed by atoms with Gasteiger partial charge in [-0.25, -0.2) is 9.37 Å². The second-order valence-electron chi connectivity index (χ2n) is 3.78. The van der Waals surface area contributed by atoms with Gasteiger partial charge >= 0.3 is 0 Å². The highest BCUT2D eigenvalue weighted by atomic mass is 35.5. The molecular weight excluding hydrogens is 255 g/mol. The van der Waals surface area contributed by atoms with Crippen molar-refractivity contribution in [1.29, 1.82) is 0 Å². The fourth-order valence-electron chi connectivity index (χ4n) is 1.47. The lowest BCUT2D eigenvalue weighted by atomic mass is 10.2. The van der Waals surface area contributed by atoms with Gasteiger partial charge in [-0.2, -0.15) is 0 Å². The molecule has 0 aliphatic rings. The van der Waals surface area contributed by atoms with Crippen molar-refractivity contribution < 1.29 is 9.18 Å². The molecule has 92 valence electrons. The lowest BCUT2D eigenvalue weighted by molar-refractivity contribution is 0.102. The Morgan fingerprint density at radius 3 is 2.72 bits per heavy atom. The molecule has 0 unspecified atom stereocenters. The first kappa shape index (κ1) is 12.5. The van der Waals surface area contributed by atoms with Crippen molar-refractivity contribution in [2.45, 2.75) is 6.92 Å². The Balaban J connectivity index is 2.18. The lowest BCUT2D eigenvalue weighted by Gasteiger charge is -2.08. The number of halogens is 2. The first-order valence-electron chi connectivity index (χ1n) is 5.25. The zero-order valence-electron chi connectivity index (χ0n) is 9.58. The molecule has 18 heavy (non-hydrogen) atoms. The molecule has 0 bridgehead atoms. The van der Waals surface area contributed by atoms with Crippen LogP contribution in [0.1, 0.15) is 15.9 Å². The summed E-state index contributed by atoms with van der Waals surface area (Å²) < 4.78 is 12.9. The van der Waals surface area contributed by atoms with Gasteiger partial charge in [0.15, 0.2) is 0 Å². The van der Waals surface area contributed by atoms with Crippen LogP contribution in [0.3, 0.4) is 0 Å². The summed E-state index contributed by atoms with van der Waals surface area (Å²) in [5.74, 6) is -0.646. The third kappa shape index (κ3) is 2.84. The molecule has 0 radical (unpaired) electrons. The first-order chi connectivity index (χ1) is 8.56. The fourth-order valence-corrected chi connectivity index (χ4v) is 1.58. The van der Waals surface area contributed by atoms with E-state index in [1.54, 1.807) is 13.0 Å². The number of pyridine rings is 1. The van der Waals surface area contributed by atoms with E-state index in [1.165, 1.54) is 30.5 Å². The smallest absolute Gasteiger partial charge is 0.257 e. The van der Waals surface area contributed by atoms with Crippen molar-refractivity contribution in [3.63, 3.8) is 0 Å². The van der Waals surface area contributed by atoms with Gasteiger partial charge in [0.1, 0.15) is 11.0 Å². The third-order valence-electron chi connectivity index (χ3n) is 2.43. The van der Waals surface area contributed by atoms with E-state index in [0.717, 1.165) is 0 Å². The second kappa shape index (κ2) is 5.14. The Kier molecular flexibility index (Phi) is 3.58. The van der Waals surface area contributed by atoms with Crippen LogP contribution in [0, 0.1) is 12.7 Å². The molecule has 0 fully saturated rings. The van der Waals surface area contributed by atoms with Crippen molar-refractivity contribution >= 4 is 23.2 Å². The van der Waals surface area contributed by atoms with Crippen molar-refractivity contribution in [2.75, 3.05) is 5.32 Å². The van der Waals surface area contributed by atoms with Crippen LogP contribution in [0.5, 0.6) is 0 Å². The molecule has 1 aromatic heterocycles. The Morgan fingerprint density at radius 1 is 1.33 bits per heavy atom. The van der Waals surface area contributed by atoms with E-state index >= 15 is 0 Å². The monoisotopic (exact) mass is 264 g/mol. The lowest BCUT2D eigenvalue weighted by Crippen LogP contribution is -2.13. The highest BCUT2D eigenvalue weighted by molar-refractivity contribution is 6.29. The number of hydrogen-bond donors (Lipinski definition) is 1. The predicted molar refractivity (Wildman–Crippen MR) is 68.3 cm³/mol. The maximum Gasteiger partial charge on any atom is 0.257 e. The summed E-state index contributed by atoms with van der Waals surface area (Å²) in [5.41, 5.74) is 1.62. The number of aryl methyl sites for hydroxylation is 1. The van der Waals surface area contributed by atoms with Gasteiger partial charge in [-0.15, -0.1) is 0 Å². The van der Waals surface area contributed by atoms with E-state index < -0.39 is 0 Å². The molecule has 1 amide bonds. The number of aromatic nitrogens is 1. The number of nitrogens with zero attached hydrogens (tertiary/aromatic N) is 1. The number of amides is 1. The Labute approximate surface area is 109 Å². The number of nitrogens with one attached hydrogen (secondary N) is 1. The van der Waals surface area contributed by atoms with E-state index in [1.807, 2.05) is 0 Å². The van der Waals surface area contributed by atoms with Gasteiger partial charge in [0.05, 0.1) is 5.56 Å². The summed E-state index contributed by atoms with van der Waals surface area (Å²) in [5, 5.41) is 3.01. The fraction of sp³-hybridized carbons (Fsp3) is 0.0769. The van der Waals surface area contributed by atoms with Gasteiger partial charge in [-0.3, -0.25) is 4.79 Å². The highest BCUT2D eigenvalue weighted by Crippen LogP contribution is 2.17. The largest absolute Gasteiger partial charge is 0.322 e. The molecule has 3 nitrogen and oxygen atoms in total. The maximum absolute atomic E-state index is 12.9. The van der Waals surface area contributed by atoms with Crippen LogP contribution in [-0.4, -0.2) is 10.9 Å². The minimum atomic E-state index is -0.335. The number of carbonyl (C=O) groups excluding carboxylic acids is 1. The SMILES string of the molecule is Cc1cc(F)ccc1NC(=O)c1ccc(Cl)nc1. The summed E-state index contributed by atoms with van der Waals surface area (Å²) in [6, 6.07) is 7.28. The summed E-state index contributed by atoms with van der Waals surface area (Å²) in [6.45, 7) is 1.72. The number of anilines is 1. The van der Waals surface area contributed by atoms with Crippen LogP contribution in [0.15, 0.2) is 36.5 Å². The Hall–Kier alpha value is -1.94. The van der Waals surface area contributed by atoms with Crippen LogP contribution in [0.4, 0.5) is 10.1 Å². The average molecular weight is 265 g/mol. The molecule has 0 aliphatic carbocycles. The number of benzene rings is 1. The Bertz CT molecular complexity index is 584. The minimum absolute atomic E-state index is 0.311. The highest BCUT2D eigenvalue weighted by Gasteiger charge is 2.08. The van der Waals surface area contributed by atoms with Crippen molar-refractivity contribution in [3.8, 4) is 0 Å². The first-order valence-corrected chi connectivity index (χ1v) is 5.63. The van der Waals surface area contributed by atoms with Gasteiger partial charge in [-0.05, 0) is 42.8 Å². The predicted octanol–water partition coefficient (Wildman–Crippen LogP) is 3.43. The van der Waals surface area contributed by atoms with Crippen LogP contribution in [0.2, 0.25) is 5.15 Å². The molecule has 1 N–H and O–H groups in total. The molecule has 1 heterocycles. The number of rotatable bonds is 2. The molecule has 0 aliphatic heterocycles. The van der Waals surface area contributed by atoms with Crippen LogP contribution in [0.25, 0.3) is 0 Å². The molecule has 2 rings (SSSR count). The topological polar surface area (TPSA) is 42.0 Å². The molecule has 0 saturated carbocycles. The zero-order chi connectivity index (χ0) is 13.1. The third-order valence-corrected chi connectivity index (χ3v) is 2.65. The van der Waals surface area contributed by atoms with Crippen LogP contribution >= 0.6 is 11.6 Å². The summed E-state index contributed by atoms with van der Waals surface area (Å²) >= 11 is 5.63. The zero-order valence-corrected chi connectivity index (χ0v) is 10.3. The number of hydrogen-bond acceptors (Lipinski definition) is 2. The van der Waals surface area contributed by atoms with Crippen molar-refractivity contribution in [2.24, 2.45) is 0 Å². The quantitative estimate of drug-likeness (QED) is 0.845. The van der Waals surface area contributed by atoms with Gasteiger partial charge in [-0.1, -0.05) is 11.6 Å². The van der Waals surface area contributed by atoms with Gasteiger partial charge < -0.3 is 5.32 Å².